The summed E-state index contributed by atoms with van der Waals surface area (Å²) in [5.74, 6) is -7.33. The first-order valence-electron chi connectivity index (χ1n) is 24.9. The highest BCUT2D eigenvalue weighted by Crippen LogP contribution is 2.21. The third-order valence-corrected chi connectivity index (χ3v) is 13.4. The molecule has 0 aromatic heterocycles. The number of likely N-dealkylation sites (tertiary alicyclic amines) is 1. The van der Waals surface area contributed by atoms with Crippen molar-refractivity contribution >= 4 is 53.2 Å². The minimum absolute atomic E-state index is 0.0134. The first kappa shape index (κ1) is 59.7. The number of likely N-dealkylation sites (N-methyl/N-ethyl adjacent to an activating group) is 5. The number of piperidine rings is 1. The van der Waals surface area contributed by atoms with E-state index >= 15 is 0 Å². The first-order valence-corrected chi connectivity index (χ1v) is 24.9. The highest BCUT2D eigenvalue weighted by molar-refractivity contribution is 6.09. The van der Waals surface area contributed by atoms with Crippen molar-refractivity contribution in [2.75, 3.05) is 54.9 Å². The number of aliphatic hydroxyl groups excluding tert-OH is 1. The molecule has 20 nitrogen and oxygen atoms in total. The van der Waals surface area contributed by atoms with Crippen LogP contribution in [0.5, 0.6) is 0 Å². The zero-order valence-corrected chi connectivity index (χ0v) is 44.8. The number of ether oxygens (including phenoxy) is 1. The monoisotopic (exact) mass is 998 g/mol. The molecule has 2 saturated heterocycles. The first-order chi connectivity index (χ1) is 33.0. The van der Waals surface area contributed by atoms with Gasteiger partial charge in [0.05, 0.1) is 18.3 Å². The van der Waals surface area contributed by atoms with Crippen LogP contribution in [0.2, 0.25) is 0 Å². The number of carbonyl (C=O) groups excluding carboxylic acids is 9. The van der Waals surface area contributed by atoms with Crippen molar-refractivity contribution in [2.24, 2.45) is 11.8 Å². The molecular formula is C51H83N9O11. The average molecular weight is 998 g/mol. The van der Waals surface area contributed by atoms with E-state index < -0.39 is 120 Å². The van der Waals surface area contributed by atoms with E-state index in [0.717, 1.165) is 16.2 Å². The molecule has 398 valence electrons. The Balaban J connectivity index is 2.31. The average Bonchev–Trinajstić information content (AvgIpc) is 3.32. The maximum absolute atomic E-state index is 14.9. The minimum Gasteiger partial charge on any atom is -0.391 e. The Bertz CT molecular complexity index is 2040. The van der Waals surface area contributed by atoms with Gasteiger partial charge in [0.1, 0.15) is 42.3 Å². The van der Waals surface area contributed by atoms with Crippen LogP contribution >= 0.6 is 0 Å². The van der Waals surface area contributed by atoms with Crippen LogP contribution in [0.4, 0.5) is 0 Å². The molecule has 0 spiro atoms. The molecule has 3 rings (SSSR count). The summed E-state index contributed by atoms with van der Waals surface area (Å²) < 4.78 is 6.01. The van der Waals surface area contributed by atoms with Crippen LogP contribution in [-0.2, 0) is 54.3 Å². The summed E-state index contributed by atoms with van der Waals surface area (Å²) in [6.07, 6.45) is 0.896. The van der Waals surface area contributed by atoms with Crippen molar-refractivity contribution in [3.63, 3.8) is 0 Å². The van der Waals surface area contributed by atoms with Gasteiger partial charge in [0.2, 0.25) is 41.4 Å². The second-order valence-corrected chi connectivity index (χ2v) is 21.1. The minimum atomic E-state index is -1.86. The van der Waals surface area contributed by atoms with Crippen LogP contribution in [0, 0.1) is 11.8 Å². The number of hydrogen-bond donors (Lipinski definition) is 4. The van der Waals surface area contributed by atoms with Gasteiger partial charge in [-0.1, -0.05) is 58.0 Å². The standard InChI is InChI=1S/C51H83N9O11/c1-30(2)26-37-43(63)52-36(29-71-51(8,9)10)42(62)54-41(50(70)60-24-20-17-21-25-60)49(69)56(12)33(6)46(66)59(15)39(28-35-22-18-16-19-23-35)47(67)58(14)38(27-31(3)4)44(64)53-40(34(7)61)48(68)55(11)32(5)45(65)57(37)13/h16,18-19,22-23,30-34,36-41,61H,17,20-21,24-29H2,1-15H3,(H,52,63)(H,53,64)(H,54,62)/t32-,33-,34+,36-,37-,38-,39-,40-,41-/m0/s1. The summed E-state index contributed by atoms with van der Waals surface area (Å²) in [6.45, 7) is 17.0. The van der Waals surface area contributed by atoms with Crippen LogP contribution in [0.25, 0.3) is 0 Å². The topological polar surface area (TPSA) is 239 Å². The van der Waals surface area contributed by atoms with Crippen molar-refractivity contribution < 1.29 is 53.0 Å². The van der Waals surface area contributed by atoms with Crippen LogP contribution in [-0.4, -0.2) is 203 Å². The van der Waals surface area contributed by atoms with Gasteiger partial charge in [-0.2, -0.15) is 0 Å². The number of benzene rings is 1. The molecule has 2 aliphatic heterocycles. The van der Waals surface area contributed by atoms with E-state index in [0.29, 0.717) is 31.5 Å². The molecule has 0 aliphatic carbocycles. The Morgan fingerprint density at radius 1 is 0.620 bits per heavy atom. The molecule has 0 saturated carbocycles. The fraction of sp³-hybridized carbons (Fsp3) is 0.706. The van der Waals surface area contributed by atoms with Gasteiger partial charge in [0.25, 0.3) is 11.8 Å². The second-order valence-electron chi connectivity index (χ2n) is 21.1. The van der Waals surface area contributed by atoms with E-state index in [1.807, 2.05) is 27.7 Å². The highest BCUT2D eigenvalue weighted by atomic mass is 16.5. The van der Waals surface area contributed by atoms with Crippen molar-refractivity contribution in [1.29, 1.82) is 0 Å². The van der Waals surface area contributed by atoms with Gasteiger partial charge in [-0.15, -0.1) is 0 Å². The summed E-state index contributed by atoms with van der Waals surface area (Å²) in [7, 11) is 6.86. The number of nitrogens with zero attached hydrogens (tertiary/aromatic N) is 6. The van der Waals surface area contributed by atoms with Crippen molar-refractivity contribution in [2.45, 2.75) is 168 Å². The van der Waals surface area contributed by atoms with Crippen LogP contribution in [0.1, 0.15) is 107 Å². The summed E-state index contributed by atoms with van der Waals surface area (Å²) in [5, 5.41) is 19.0. The van der Waals surface area contributed by atoms with Crippen molar-refractivity contribution in [3.8, 4) is 0 Å². The number of carbonyl (C=O) groups is 9. The number of aliphatic hydroxyl groups is 1. The van der Waals surface area contributed by atoms with Crippen molar-refractivity contribution in [3.05, 3.63) is 35.9 Å². The number of amides is 9. The normalized spacial score (nSPS) is 26.7. The van der Waals surface area contributed by atoms with Crippen LogP contribution in [0.3, 0.4) is 0 Å². The molecule has 0 bridgehead atoms. The Morgan fingerprint density at radius 2 is 1.08 bits per heavy atom. The third-order valence-electron chi connectivity index (χ3n) is 13.4. The SMILES string of the molecule is CC(C)C[C@H]1C(=O)N[C@@H](COC(C)(C)C)C(=O)N[C@H](C(=O)N2CCCCC2)C(=O)N(C)[C@@H](C)C(=O)N(C)[C@@H](Cc2ccccc2)C(=O)N(C)[C@@H](CC(C)C)C(=O)N[C@@H]([C@@H](C)O)C(=O)N(C)[C@@H](C)C(=O)N1C. The summed E-state index contributed by atoms with van der Waals surface area (Å²) in [6, 6.07) is -2.32. The number of hydrogen-bond acceptors (Lipinski definition) is 11. The number of nitrogens with one attached hydrogen (secondary N) is 3. The molecule has 71 heavy (non-hydrogen) atoms. The lowest BCUT2D eigenvalue weighted by molar-refractivity contribution is -0.154. The molecule has 9 atom stereocenters. The zero-order chi connectivity index (χ0) is 53.8. The van der Waals surface area contributed by atoms with Gasteiger partial charge in [-0.3, -0.25) is 43.2 Å². The fourth-order valence-corrected chi connectivity index (χ4v) is 8.61. The Labute approximate surface area is 420 Å². The zero-order valence-electron chi connectivity index (χ0n) is 44.8. The smallest absolute Gasteiger partial charge is 0.255 e. The van der Waals surface area contributed by atoms with Crippen molar-refractivity contribution in [1.82, 2.24) is 45.3 Å². The largest absolute Gasteiger partial charge is 0.391 e. The Hall–Kier alpha value is -5.63. The summed E-state index contributed by atoms with van der Waals surface area (Å²) >= 11 is 0. The molecule has 1 aromatic rings. The van der Waals surface area contributed by atoms with E-state index in [2.05, 4.69) is 16.0 Å². The van der Waals surface area contributed by atoms with Gasteiger partial charge in [0.15, 0.2) is 6.04 Å². The van der Waals surface area contributed by atoms with E-state index in [4.69, 9.17) is 4.74 Å². The summed E-state index contributed by atoms with van der Waals surface area (Å²) in [5.41, 5.74) is -0.150. The number of rotatable bonds is 10. The quantitative estimate of drug-likeness (QED) is 0.243. The summed E-state index contributed by atoms with van der Waals surface area (Å²) in [4.78, 5) is 138. The van der Waals surface area contributed by atoms with Gasteiger partial charge < -0.3 is 55.2 Å². The van der Waals surface area contributed by atoms with E-state index in [9.17, 15) is 48.3 Å². The third kappa shape index (κ3) is 16.2. The van der Waals surface area contributed by atoms with E-state index in [1.165, 1.54) is 75.6 Å². The molecule has 2 aliphatic rings. The predicted molar refractivity (Wildman–Crippen MR) is 267 cm³/mol. The molecule has 9 amide bonds. The predicted octanol–water partition coefficient (Wildman–Crippen LogP) is 1.17. The van der Waals surface area contributed by atoms with Crippen LogP contribution in [0.15, 0.2) is 30.3 Å². The lowest BCUT2D eigenvalue weighted by Gasteiger charge is -2.39. The van der Waals surface area contributed by atoms with E-state index in [-0.39, 0.29) is 31.1 Å². The highest BCUT2D eigenvalue weighted by Gasteiger charge is 2.44. The maximum atomic E-state index is 14.9. The molecule has 0 unspecified atom stereocenters. The molecule has 0 radical (unpaired) electrons. The lowest BCUT2D eigenvalue weighted by atomic mass is 9.98. The molecular weight excluding hydrogens is 915 g/mol. The molecule has 20 heteroatoms. The Morgan fingerprint density at radius 3 is 1.56 bits per heavy atom. The lowest BCUT2D eigenvalue weighted by Crippen LogP contribution is -2.64. The van der Waals surface area contributed by atoms with E-state index in [1.54, 1.807) is 51.1 Å². The molecule has 2 fully saturated rings. The molecule has 4 N–H and O–H groups in total. The van der Waals surface area contributed by atoms with Gasteiger partial charge >= 0.3 is 0 Å². The second kappa shape index (κ2) is 26.2. The maximum Gasteiger partial charge on any atom is 0.255 e. The van der Waals surface area contributed by atoms with Gasteiger partial charge in [0, 0.05) is 54.7 Å². The Kier molecular flexibility index (Phi) is 22.0. The molecule has 2 heterocycles. The van der Waals surface area contributed by atoms with Crippen LogP contribution < -0.4 is 16.0 Å². The fourth-order valence-electron chi connectivity index (χ4n) is 8.61. The van der Waals surface area contributed by atoms with Gasteiger partial charge in [-0.25, -0.2) is 0 Å². The molecule has 1 aromatic carbocycles. The van der Waals surface area contributed by atoms with Gasteiger partial charge in [-0.05, 0) is 91.0 Å².